The van der Waals surface area contributed by atoms with E-state index in [4.69, 9.17) is 4.74 Å². The van der Waals surface area contributed by atoms with E-state index in [-0.39, 0.29) is 24.3 Å². The molecule has 7 heteroatoms. The topological polar surface area (TPSA) is 75.7 Å². The summed E-state index contributed by atoms with van der Waals surface area (Å²) in [5.74, 6) is -1.14. The van der Waals surface area contributed by atoms with E-state index in [1.54, 1.807) is 55.5 Å². The predicted molar refractivity (Wildman–Crippen MR) is 101 cm³/mol. The van der Waals surface area contributed by atoms with E-state index in [9.17, 15) is 14.4 Å². The second kappa shape index (κ2) is 7.70. The van der Waals surface area contributed by atoms with Gasteiger partial charge in [-0.25, -0.2) is 4.79 Å². The van der Waals surface area contributed by atoms with Gasteiger partial charge in [0.2, 0.25) is 5.91 Å². The van der Waals surface area contributed by atoms with Crippen molar-refractivity contribution in [2.75, 3.05) is 16.8 Å². The lowest BCUT2D eigenvalue weighted by molar-refractivity contribution is -0.122. The van der Waals surface area contributed by atoms with Crippen molar-refractivity contribution >= 4 is 45.1 Å². The summed E-state index contributed by atoms with van der Waals surface area (Å²) in [7, 11) is 0. The largest absolute Gasteiger partial charge is 0.452 e. The number of esters is 1. The van der Waals surface area contributed by atoms with E-state index >= 15 is 0 Å². The highest BCUT2D eigenvalue weighted by Gasteiger charge is 2.30. The number of carbonyl (C=O) groups excluding carboxylic acids is 3. The summed E-state index contributed by atoms with van der Waals surface area (Å²) < 4.78 is 5.79. The summed E-state index contributed by atoms with van der Waals surface area (Å²) in [5.41, 5.74) is 1.50. The summed E-state index contributed by atoms with van der Waals surface area (Å²) in [4.78, 5) is 38.4. The Morgan fingerprint density at radius 2 is 1.88 bits per heavy atom. The second-order valence-corrected chi connectivity index (χ2v) is 6.79. The number of fused-ring (bicyclic) bond motifs is 1. The molecule has 0 saturated carbocycles. The predicted octanol–water partition coefficient (Wildman–Crippen LogP) is 3.37. The summed E-state index contributed by atoms with van der Waals surface area (Å²) >= 11 is 3.29. The lowest BCUT2D eigenvalue weighted by Crippen LogP contribution is -2.41. The van der Waals surface area contributed by atoms with E-state index in [0.29, 0.717) is 21.4 Å². The molecule has 1 atom stereocenters. The number of benzene rings is 2. The molecular weight excluding hydrogens is 400 g/mol. The number of ether oxygens (including phenoxy) is 1. The Morgan fingerprint density at radius 3 is 2.65 bits per heavy atom. The fourth-order valence-electron chi connectivity index (χ4n) is 2.87. The number of rotatable bonds is 3. The highest BCUT2D eigenvalue weighted by molar-refractivity contribution is 9.10. The van der Waals surface area contributed by atoms with Crippen LogP contribution in [0.15, 0.2) is 53.0 Å². The van der Waals surface area contributed by atoms with Crippen molar-refractivity contribution in [1.82, 2.24) is 0 Å². The van der Waals surface area contributed by atoms with Crippen molar-refractivity contribution in [3.8, 4) is 0 Å². The fraction of sp³-hybridized carbons (Fsp3) is 0.211. The van der Waals surface area contributed by atoms with E-state index in [2.05, 4.69) is 21.2 Å². The molecule has 1 unspecified atom stereocenters. The van der Waals surface area contributed by atoms with E-state index in [1.165, 1.54) is 4.90 Å². The Bertz CT molecular complexity index is 868. The molecule has 0 aromatic heterocycles. The van der Waals surface area contributed by atoms with Crippen LogP contribution in [0.25, 0.3) is 0 Å². The molecule has 6 nitrogen and oxygen atoms in total. The summed E-state index contributed by atoms with van der Waals surface area (Å²) in [6.07, 6.45) is 0.165. The zero-order valence-corrected chi connectivity index (χ0v) is 15.7. The Hall–Kier alpha value is -2.67. The molecule has 1 aliphatic heterocycles. The number of nitrogens with one attached hydrogen (secondary N) is 1. The number of para-hydroxylation sites is 2. The average Bonchev–Trinajstić information content (AvgIpc) is 2.74. The molecule has 0 bridgehead atoms. The van der Waals surface area contributed by atoms with Crippen LogP contribution in [0.5, 0.6) is 0 Å². The smallest absolute Gasteiger partial charge is 0.339 e. The molecule has 0 saturated heterocycles. The normalized spacial score (nSPS) is 16.3. The second-order valence-electron chi connectivity index (χ2n) is 5.94. The van der Waals surface area contributed by atoms with Crippen LogP contribution < -0.4 is 10.2 Å². The lowest BCUT2D eigenvalue weighted by Gasteiger charge is -2.27. The van der Waals surface area contributed by atoms with Gasteiger partial charge in [0.15, 0.2) is 6.61 Å². The van der Waals surface area contributed by atoms with Gasteiger partial charge in [0.1, 0.15) is 0 Å². The van der Waals surface area contributed by atoms with Gasteiger partial charge in [-0.3, -0.25) is 9.59 Å². The summed E-state index contributed by atoms with van der Waals surface area (Å²) in [6.45, 7) is 1.38. The van der Waals surface area contributed by atoms with Crippen LogP contribution in [0.2, 0.25) is 0 Å². The molecule has 1 N–H and O–H groups in total. The maximum Gasteiger partial charge on any atom is 0.339 e. The first-order chi connectivity index (χ1) is 12.5. The number of amides is 2. The summed E-state index contributed by atoms with van der Waals surface area (Å²) in [6, 6.07) is 13.5. The minimum absolute atomic E-state index is 0.162. The maximum atomic E-state index is 12.7. The fourth-order valence-corrected chi connectivity index (χ4v) is 3.32. The monoisotopic (exact) mass is 416 g/mol. The van der Waals surface area contributed by atoms with Crippen molar-refractivity contribution in [3.63, 3.8) is 0 Å². The van der Waals surface area contributed by atoms with Crippen LogP contribution >= 0.6 is 15.9 Å². The number of hydrogen-bond acceptors (Lipinski definition) is 4. The molecule has 134 valence electrons. The SMILES string of the molecule is CC1CC(=O)Nc2ccccc2N1C(=O)COC(=O)c1ccccc1Br. The third kappa shape index (κ3) is 3.77. The zero-order valence-electron chi connectivity index (χ0n) is 14.1. The lowest BCUT2D eigenvalue weighted by atomic mass is 10.1. The van der Waals surface area contributed by atoms with Gasteiger partial charge in [-0.15, -0.1) is 0 Å². The third-order valence-corrected chi connectivity index (χ3v) is 4.74. The van der Waals surface area contributed by atoms with E-state index < -0.39 is 12.6 Å². The molecule has 0 aliphatic carbocycles. The Labute approximate surface area is 159 Å². The van der Waals surface area contributed by atoms with Gasteiger partial charge < -0.3 is 15.0 Å². The average molecular weight is 417 g/mol. The van der Waals surface area contributed by atoms with Crippen LogP contribution in [0.1, 0.15) is 23.7 Å². The molecule has 0 fully saturated rings. The Morgan fingerprint density at radius 1 is 1.19 bits per heavy atom. The van der Waals surface area contributed by atoms with Gasteiger partial charge in [-0.2, -0.15) is 0 Å². The van der Waals surface area contributed by atoms with Crippen LogP contribution in [-0.4, -0.2) is 30.4 Å². The highest BCUT2D eigenvalue weighted by atomic mass is 79.9. The molecule has 0 radical (unpaired) electrons. The van der Waals surface area contributed by atoms with Crippen LogP contribution in [0.4, 0.5) is 11.4 Å². The molecule has 0 spiro atoms. The van der Waals surface area contributed by atoms with Crippen molar-refractivity contribution in [1.29, 1.82) is 0 Å². The maximum absolute atomic E-state index is 12.7. The van der Waals surface area contributed by atoms with Crippen LogP contribution in [-0.2, 0) is 14.3 Å². The minimum atomic E-state index is -0.587. The van der Waals surface area contributed by atoms with Crippen LogP contribution in [0.3, 0.4) is 0 Å². The van der Waals surface area contributed by atoms with E-state index in [0.717, 1.165) is 0 Å². The standard InChI is InChI=1S/C19H17BrN2O4/c1-12-10-17(23)21-15-8-4-5-9-16(15)22(12)18(24)11-26-19(25)13-6-2-3-7-14(13)20/h2-9,12H,10-11H2,1H3,(H,21,23). The first-order valence-corrected chi connectivity index (χ1v) is 8.89. The first kappa shape index (κ1) is 18.1. The Balaban J connectivity index is 1.77. The van der Waals surface area contributed by atoms with Crippen molar-refractivity contribution in [2.45, 2.75) is 19.4 Å². The molecule has 1 heterocycles. The zero-order chi connectivity index (χ0) is 18.7. The molecule has 26 heavy (non-hydrogen) atoms. The Kier molecular flexibility index (Phi) is 5.37. The molecule has 2 aromatic carbocycles. The van der Waals surface area contributed by atoms with Crippen molar-refractivity contribution in [2.24, 2.45) is 0 Å². The summed E-state index contributed by atoms with van der Waals surface area (Å²) in [5, 5.41) is 2.79. The number of halogens is 1. The van der Waals surface area contributed by atoms with Gasteiger partial charge in [-0.1, -0.05) is 24.3 Å². The molecule has 2 aromatic rings. The number of anilines is 2. The third-order valence-electron chi connectivity index (χ3n) is 4.05. The number of carbonyl (C=O) groups is 3. The minimum Gasteiger partial charge on any atom is -0.452 e. The van der Waals surface area contributed by atoms with Gasteiger partial charge in [0.05, 0.1) is 16.9 Å². The molecule has 2 amide bonds. The van der Waals surface area contributed by atoms with Crippen molar-refractivity contribution in [3.05, 3.63) is 58.6 Å². The molecule has 1 aliphatic rings. The number of hydrogen-bond donors (Lipinski definition) is 1. The molecule has 3 rings (SSSR count). The quantitative estimate of drug-likeness (QED) is 0.778. The number of nitrogens with zero attached hydrogens (tertiary/aromatic N) is 1. The molecular formula is C19H17BrN2O4. The van der Waals surface area contributed by atoms with Crippen molar-refractivity contribution < 1.29 is 19.1 Å². The van der Waals surface area contributed by atoms with Gasteiger partial charge in [-0.05, 0) is 47.1 Å². The highest BCUT2D eigenvalue weighted by Crippen LogP contribution is 2.31. The van der Waals surface area contributed by atoms with Gasteiger partial charge in [0.25, 0.3) is 5.91 Å². The van der Waals surface area contributed by atoms with Crippen LogP contribution in [0, 0.1) is 0 Å². The first-order valence-electron chi connectivity index (χ1n) is 8.10. The van der Waals surface area contributed by atoms with Gasteiger partial charge in [0, 0.05) is 16.9 Å². The van der Waals surface area contributed by atoms with Gasteiger partial charge >= 0.3 is 5.97 Å². The van der Waals surface area contributed by atoms with E-state index in [1.807, 2.05) is 0 Å².